The van der Waals surface area contributed by atoms with E-state index in [1.807, 2.05) is 37.4 Å². The summed E-state index contributed by atoms with van der Waals surface area (Å²) >= 11 is 0. The van der Waals surface area contributed by atoms with Crippen molar-refractivity contribution in [3.63, 3.8) is 0 Å². The van der Waals surface area contributed by atoms with Gasteiger partial charge in [0.05, 0.1) is 13.0 Å². The molecule has 1 aromatic heterocycles. The Morgan fingerprint density at radius 3 is 2.75 bits per heavy atom. The maximum atomic E-state index is 11.8. The van der Waals surface area contributed by atoms with Crippen LogP contribution in [-0.2, 0) is 16.0 Å². The molecule has 20 heavy (non-hydrogen) atoms. The van der Waals surface area contributed by atoms with Gasteiger partial charge in [0.1, 0.15) is 0 Å². The summed E-state index contributed by atoms with van der Waals surface area (Å²) in [5, 5.41) is 6.39. The fourth-order valence-electron chi connectivity index (χ4n) is 2.02. The van der Waals surface area contributed by atoms with E-state index >= 15 is 0 Å². The minimum atomic E-state index is -0.154. The van der Waals surface area contributed by atoms with Crippen molar-refractivity contribution < 1.29 is 9.59 Å². The maximum absolute atomic E-state index is 11.8. The van der Waals surface area contributed by atoms with Crippen LogP contribution in [0.2, 0.25) is 0 Å². The molecule has 0 atom stereocenters. The van der Waals surface area contributed by atoms with Gasteiger partial charge in [-0.15, -0.1) is 0 Å². The predicted molar refractivity (Wildman–Crippen MR) is 78.3 cm³/mol. The smallest absolute Gasteiger partial charge is 0.239 e. The van der Waals surface area contributed by atoms with Crippen molar-refractivity contribution in [3.05, 3.63) is 36.0 Å². The Morgan fingerprint density at radius 2 is 1.95 bits per heavy atom. The first-order chi connectivity index (χ1) is 9.70. The molecule has 0 radical (unpaired) electrons. The van der Waals surface area contributed by atoms with Crippen LogP contribution in [0.25, 0.3) is 10.9 Å². The standard InChI is InChI=1S/C15H19N3O2/c1-2-7-16-15(20)10-18-14(19)8-11-9-17-13-6-4-3-5-12(11)13/h3-6,9,17H,2,7-8,10H2,1H3,(H,16,20)(H,18,19). The summed E-state index contributed by atoms with van der Waals surface area (Å²) in [6.07, 6.45) is 2.99. The zero-order valence-electron chi connectivity index (χ0n) is 11.5. The molecule has 1 heterocycles. The molecule has 2 rings (SSSR count). The average molecular weight is 273 g/mol. The molecule has 0 saturated carbocycles. The zero-order chi connectivity index (χ0) is 14.4. The molecule has 0 unspecified atom stereocenters. The lowest BCUT2D eigenvalue weighted by Gasteiger charge is -2.05. The normalized spacial score (nSPS) is 10.4. The Hall–Kier alpha value is -2.30. The van der Waals surface area contributed by atoms with Crippen LogP contribution >= 0.6 is 0 Å². The number of H-pyrrole nitrogens is 1. The van der Waals surface area contributed by atoms with Crippen molar-refractivity contribution in [1.82, 2.24) is 15.6 Å². The van der Waals surface area contributed by atoms with E-state index in [0.29, 0.717) is 6.54 Å². The summed E-state index contributed by atoms with van der Waals surface area (Å²) < 4.78 is 0. The van der Waals surface area contributed by atoms with Gasteiger partial charge >= 0.3 is 0 Å². The highest BCUT2D eigenvalue weighted by Crippen LogP contribution is 2.17. The van der Waals surface area contributed by atoms with Crippen LogP contribution in [0, 0.1) is 0 Å². The molecule has 0 bridgehead atoms. The quantitative estimate of drug-likeness (QED) is 0.743. The van der Waals surface area contributed by atoms with Gasteiger partial charge in [0.15, 0.2) is 0 Å². The minimum absolute atomic E-state index is 0.0290. The Kier molecular flexibility index (Phi) is 4.76. The van der Waals surface area contributed by atoms with E-state index in [1.165, 1.54) is 0 Å². The molecule has 0 fully saturated rings. The van der Waals surface area contributed by atoms with Gasteiger partial charge in [-0.2, -0.15) is 0 Å². The lowest BCUT2D eigenvalue weighted by Crippen LogP contribution is -2.37. The van der Waals surface area contributed by atoms with E-state index in [-0.39, 0.29) is 24.8 Å². The number of hydrogen-bond donors (Lipinski definition) is 3. The van der Waals surface area contributed by atoms with Crippen molar-refractivity contribution in [2.75, 3.05) is 13.1 Å². The van der Waals surface area contributed by atoms with Gasteiger partial charge in [-0.25, -0.2) is 0 Å². The second-order valence-electron chi connectivity index (χ2n) is 4.66. The molecule has 2 aromatic rings. The summed E-state index contributed by atoms with van der Waals surface area (Å²) in [7, 11) is 0. The molecular formula is C15H19N3O2. The van der Waals surface area contributed by atoms with Gasteiger partial charge < -0.3 is 15.6 Å². The lowest BCUT2D eigenvalue weighted by molar-refractivity contribution is -0.125. The molecule has 2 amide bonds. The summed E-state index contributed by atoms with van der Waals surface area (Å²) in [6.45, 7) is 2.65. The fourth-order valence-corrected chi connectivity index (χ4v) is 2.02. The highest BCUT2D eigenvalue weighted by Gasteiger charge is 2.09. The number of nitrogens with one attached hydrogen (secondary N) is 3. The highest BCUT2D eigenvalue weighted by molar-refractivity contribution is 5.90. The number of aromatic amines is 1. The van der Waals surface area contributed by atoms with E-state index in [4.69, 9.17) is 0 Å². The SMILES string of the molecule is CCCNC(=O)CNC(=O)Cc1c[nH]c2ccccc12. The van der Waals surface area contributed by atoms with Gasteiger partial charge in [-0.3, -0.25) is 9.59 Å². The predicted octanol–water partition coefficient (Wildman–Crippen LogP) is 1.35. The van der Waals surface area contributed by atoms with Crippen molar-refractivity contribution in [2.45, 2.75) is 19.8 Å². The third-order valence-corrected chi connectivity index (χ3v) is 3.04. The van der Waals surface area contributed by atoms with Gasteiger partial charge in [0.2, 0.25) is 11.8 Å². The Balaban J connectivity index is 1.87. The van der Waals surface area contributed by atoms with Crippen molar-refractivity contribution in [1.29, 1.82) is 0 Å². The van der Waals surface area contributed by atoms with E-state index in [2.05, 4.69) is 15.6 Å². The lowest BCUT2D eigenvalue weighted by atomic mass is 10.1. The first kappa shape index (κ1) is 14.1. The van der Waals surface area contributed by atoms with Crippen LogP contribution in [0.4, 0.5) is 0 Å². The number of carbonyl (C=O) groups excluding carboxylic acids is 2. The molecule has 0 aliphatic rings. The van der Waals surface area contributed by atoms with Crippen LogP contribution in [0.1, 0.15) is 18.9 Å². The maximum Gasteiger partial charge on any atom is 0.239 e. The van der Waals surface area contributed by atoms with E-state index in [0.717, 1.165) is 22.9 Å². The summed E-state index contributed by atoms with van der Waals surface area (Å²) in [5.74, 6) is -0.305. The number of aromatic nitrogens is 1. The largest absolute Gasteiger partial charge is 0.361 e. The number of rotatable bonds is 6. The second kappa shape index (κ2) is 6.75. The van der Waals surface area contributed by atoms with Crippen molar-refractivity contribution >= 4 is 22.7 Å². The first-order valence-electron chi connectivity index (χ1n) is 6.79. The number of carbonyl (C=O) groups is 2. The average Bonchev–Trinajstić information content (AvgIpc) is 2.86. The molecule has 3 N–H and O–H groups in total. The highest BCUT2D eigenvalue weighted by atomic mass is 16.2. The van der Waals surface area contributed by atoms with Crippen molar-refractivity contribution in [2.24, 2.45) is 0 Å². The van der Waals surface area contributed by atoms with Gasteiger partial charge in [0, 0.05) is 23.6 Å². The van der Waals surface area contributed by atoms with Gasteiger partial charge in [0.25, 0.3) is 0 Å². The molecule has 0 aliphatic carbocycles. The van der Waals surface area contributed by atoms with Gasteiger partial charge in [-0.05, 0) is 18.1 Å². The molecular weight excluding hydrogens is 254 g/mol. The van der Waals surface area contributed by atoms with E-state index in [1.54, 1.807) is 0 Å². The number of para-hydroxylation sites is 1. The van der Waals surface area contributed by atoms with Crippen LogP contribution in [0.5, 0.6) is 0 Å². The number of benzene rings is 1. The Morgan fingerprint density at radius 1 is 1.15 bits per heavy atom. The Labute approximate surface area is 117 Å². The third-order valence-electron chi connectivity index (χ3n) is 3.04. The summed E-state index contributed by atoms with van der Waals surface area (Å²) in [4.78, 5) is 26.3. The third kappa shape index (κ3) is 3.60. The fraction of sp³-hybridized carbons (Fsp3) is 0.333. The first-order valence-corrected chi connectivity index (χ1v) is 6.79. The number of hydrogen-bond acceptors (Lipinski definition) is 2. The zero-order valence-corrected chi connectivity index (χ0v) is 11.5. The summed E-state index contributed by atoms with van der Waals surface area (Å²) in [6, 6.07) is 7.83. The molecule has 0 saturated heterocycles. The molecule has 0 aliphatic heterocycles. The van der Waals surface area contributed by atoms with Gasteiger partial charge in [-0.1, -0.05) is 25.1 Å². The Bertz CT molecular complexity index is 604. The van der Waals surface area contributed by atoms with Crippen molar-refractivity contribution in [3.8, 4) is 0 Å². The van der Waals surface area contributed by atoms with Crippen LogP contribution < -0.4 is 10.6 Å². The number of fused-ring (bicyclic) bond motifs is 1. The minimum Gasteiger partial charge on any atom is -0.361 e. The van der Waals surface area contributed by atoms with Crippen LogP contribution in [0.15, 0.2) is 30.5 Å². The molecule has 0 spiro atoms. The van der Waals surface area contributed by atoms with E-state index < -0.39 is 0 Å². The van der Waals surface area contributed by atoms with Crippen LogP contribution in [0.3, 0.4) is 0 Å². The number of amides is 2. The summed E-state index contributed by atoms with van der Waals surface area (Å²) in [5.41, 5.74) is 1.95. The topological polar surface area (TPSA) is 74.0 Å². The van der Waals surface area contributed by atoms with E-state index in [9.17, 15) is 9.59 Å². The molecule has 5 heteroatoms. The second-order valence-corrected chi connectivity index (χ2v) is 4.66. The molecule has 106 valence electrons. The monoisotopic (exact) mass is 273 g/mol. The molecule has 1 aromatic carbocycles. The molecule has 5 nitrogen and oxygen atoms in total. The van der Waals surface area contributed by atoms with Crippen LogP contribution in [-0.4, -0.2) is 29.9 Å².